The van der Waals surface area contributed by atoms with E-state index in [-0.39, 0.29) is 6.42 Å². The Bertz CT molecular complexity index is 426. The van der Waals surface area contributed by atoms with E-state index in [0.29, 0.717) is 16.0 Å². The number of hydrogen-bond acceptors (Lipinski definition) is 3. The number of rotatable bonds is 2. The average molecular weight is 319 g/mol. The van der Waals surface area contributed by atoms with Crippen molar-refractivity contribution in [1.82, 2.24) is 0 Å². The van der Waals surface area contributed by atoms with Crippen LogP contribution in [-0.2, 0) is 11.2 Å². The SMILES string of the molecule is N#Cc1c(I)cc(S)cc1CC(=O)O. The van der Waals surface area contributed by atoms with Gasteiger partial charge < -0.3 is 5.11 Å². The van der Waals surface area contributed by atoms with Gasteiger partial charge in [-0.2, -0.15) is 5.26 Å². The molecule has 1 rings (SSSR count). The Balaban J connectivity index is 3.26. The van der Waals surface area contributed by atoms with Gasteiger partial charge in [0.1, 0.15) is 6.07 Å². The van der Waals surface area contributed by atoms with Gasteiger partial charge in [0, 0.05) is 8.47 Å². The largest absolute Gasteiger partial charge is 0.481 e. The lowest BCUT2D eigenvalue weighted by Gasteiger charge is -2.04. The van der Waals surface area contributed by atoms with Crippen LogP contribution in [0.4, 0.5) is 0 Å². The first-order valence-corrected chi connectivity index (χ1v) is 5.20. The summed E-state index contributed by atoms with van der Waals surface area (Å²) in [5, 5.41) is 17.5. The summed E-state index contributed by atoms with van der Waals surface area (Å²) >= 11 is 6.12. The third kappa shape index (κ3) is 2.62. The molecule has 0 saturated heterocycles. The molecule has 1 N–H and O–H groups in total. The normalized spacial score (nSPS) is 9.50. The molecule has 0 aliphatic rings. The Hall–Kier alpha value is -0.740. The second-order valence-corrected chi connectivity index (χ2v) is 4.32. The molecular formula is C9H6INO2S. The minimum atomic E-state index is -0.948. The van der Waals surface area contributed by atoms with Crippen LogP contribution < -0.4 is 0 Å². The van der Waals surface area contributed by atoms with Crippen molar-refractivity contribution in [3.05, 3.63) is 26.8 Å². The zero-order valence-corrected chi connectivity index (χ0v) is 10.0. The number of hydrogen-bond donors (Lipinski definition) is 2. The van der Waals surface area contributed by atoms with E-state index in [4.69, 9.17) is 10.4 Å². The van der Waals surface area contributed by atoms with Crippen LogP contribution in [0.15, 0.2) is 17.0 Å². The molecule has 0 unspecified atom stereocenters. The van der Waals surface area contributed by atoms with Crippen LogP contribution in [0.25, 0.3) is 0 Å². The Morgan fingerprint density at radius 1 is 1.64 bits per heavy atom. The first-order valence-electron chi connectivity index (χ1n) is 3.68. The molecule has 1 aromatic carbocycles. The summed E-state index contributed by atoms with van der Waals surface area (Å²) in [5.41, 5.74) is 0.933. The number of benzene rings is 1. The maximum atomic E-state index is 10.5. The maximum absolute atomic E-state index is 10.5. The summed E-state index contributed by atoms with van der Waals surface area (Å²) in [4.78, 5) is 11.2. The van der Waals surface area contributed by atoms with E-state index in [0.717, 1.165) is 3.57 Å². The van der Waals surface area contributed by atoms with Crippen molar-refractivity contribution < 1.29 is 9.90 Å². The van der Waals surface area contributed by atoms with Crippen molar-refractivity contribution in [3.8, 4) is 6.07 Å². The molecule has 0 radical (unpaired) electrons. The van der Waals surface area contributed by atoms with Crippen LogP contribution >= 0.6 is 35.2 Å². The van der Waals surface area contributed by atoms with Crippen molar-refractivity contribution in [1.29, 1.82) is 5.26 Å². The van der Waals surface area contributed by atoms with Gasteiger partial charge in [-0.25, -0.2) is 0 Å². The van der Waals surface area contributed by atoms with Crippen LogP contribution in [0.1, 0.15) is 11.1 Å². The fourth-order valence-corrected chi connectivity index (χ4v) is 2.41. The van der Waals surface area contributed by atoms with E-state index < -0.39 is 5.97 Å². The minimum Gasteiger partial charge on any atom is -0.481 e. The monoisotopic (exact) mass is 319 g/mol. The van der Waals surface area contributed by atoms with Crippen LogP contribution in [0.3, 0.4) is 0 Å². The van der Waals surface area contributed by atoms with Crippen molar-refractivity contribution in [2.75, 3.05) is 0 Å². The molecule has 5 heteroatoms. The summed E-state index contributed by atoms with van der Waals surface area (Å²) in [5.74, 6) is -0.948. The molecule has 0 aliphatic heterocycles. The molecule has 1 aromatic rings. The third-order valence-electron chi connectivity index (χ3n) is 1.61. The van der Waals surface area contributed by atoms with Gasteiger partial charge in [0.15, 0.2) is 0 Å². The van der Waals surface area contributed by atoms with Crippen molar-refractivity contribution >= 4 is 41.2 Å². The van der Waals surface area contributed by atoms with Gasteiger partial charge in [-0.15, -0.1) is 12.6 Å². The highest BCUT2D eigenvalue weighted by atomic mass is 127. The predicted molar refractivity (Wildman–Crippen MR) is 62.5 cm³/mol. The molecule has 0 saturated carbocycles. The molecule has 72 valence electrons. The molecule has 0 amide bonds. The van der Waals surface area contributed by atoms with E-state index in [1.165, 1.54) is 0 Å². The van der Waals surface area contributed by atoms with E-state index in [9.17, 15) is 4.79 Å². The molecule has 0 aromatic heterocycles. The van der Waals surface area contributed by atoms with E-state index >= 15 is 0 Å². The minimum absolute atomic E-state index is 0.146. The van der Waals surface area contributed by atoms with Gasteiger partial charge >= 0.3 is 5.97 Å². The number of aliphatic carboxylic acids is 1. The van der Waals surface area contributed by atoms with Gasteiger partial charge in [-0.05, 0) is 40.3 Å². The van der Waals surface area contributed by atoms with Crippen LogP contribution in [-0.4, -0.2) is 11.1 Å². The van der Waals surface area contributed by atoms with Crippen LogP contribution in [0.5, 0.6) is 0 Å². The zero-order valence-electron chi connectivity index (χ0n) is 6.99. The van der Waals surface area contributed by atoms with Gasteiger partial charge in [-0.3, -0.25) is 4.79 Å². The molecule has 0 bridgehead atoms. The number of halogens is 1. The number of carboxylic acids is 1. The second kappa shape index (κ2) is 4.66. The molecule has 0 atom stereocenters. The first-order chi connectivity index (χ1) is 6.54. The quantitative estimate of drug-likeness (QED) is 0.648. The highest BCUT2D eigenvalue weighted by Crippen LogP contribution is 2.21. The third-order valence-corrected chi connectivity index (χ3v) is 2.72. The summed E-state index contributed by atoms with van der Waals surface area (Å²) in [6.45, 7) is 0. The van der Waals surface area contributed by atoms with Gasteiger partial charge in [0.05, 0.1) is 12.0 Å². The lowest BCUT2D eigenvalue weighted by molar-refractivity contribution is -0.136. The van der Waals surface area contributed by atoms with Gasteiger partial charge in [0.2, 0.25) is 0 Å². The predicted octanol–water partition coefficient (Wildman–Crippen LogP) is 2.08. The second-order valence-electron chi connectivity index (χ2n) is 2.64. The fraction of sp³-hybridized carbons (Fsp3) is 0.111. The van der Waals surface area contributed by atoms with Crippen LogP contribution in [0, 0.1) is 14.9 Å². The molecule has 0 fully saturated rings. The summed E-state index contributed by atoms with van der Waals surface area (Å²) in [6, 6.07) is 5.33. The van der Waals surface area contributed by atoms with E-state index in [2.05, 4.69) is 12.6 Å². The summed E-state index contributed by atoms with van der Waals surface area (Å²) in [7, 11) is 0. The summed E-state index contributed by atoms with van der Waals surface area (Å²) < 4.78 is 0.730. The number of thiol groups is 1. The van der Waals surface area contributed by atoms with Gasteiger partial charge in [0.25, 0.3) is 0 Å². The Labute approximate surface area is 100 Å². The first kappa shape index (κ1) is 11.3. The Morgan fingerprint density at radius 2 is 2.29 bits per heavy atom. The van der Waals surface area contributed by atoms with Crippen molar-refractivity contribution in [2.24, 2.45) is 0 Å². The van der Waals surface area contributed by atoms with E-state index in [1.54, 1.807) is 12.1 Å². The summed E-state index contributed by atoms with van der Waals surface area (Å²) in [6.07, 6.45) is -0.146. The zero-order chi connectivity index (χ0) is 10.7. The van der Waals surface area contributed by atoms with Gasteiger partial charge in [-0.1, -0.05) is 0 Å². The van der Waals surface area contributed by atoms with Crippen LogP contribution in [0.2, 0.25) is 0 Å². The van der Waals surface area contributed by atoms with Crippen molar-refractivity contribution in [2.45, 2.75) is 11.3 Å². The number of carboxylic acid groups (broad SMARTS) is 1. The number of nitriles is 1. The lowest BCUT2D eigenvalue weighted by atomic mass is 10.1. The lowest BCUT2D eigenvalue weighted by Crippen LogP contribution is -2.03. The Kier molecular flexibility index (Phi) is 3.77. The molecule has 14 heavy (non-hydrogen) atoms. The maximum Gasteiger partial charge on any atom is 0.307 e. The highest BCUT2D eigenvalue weighted by molar-refractivity contribution is 14.1. The molecular weight excluding hydrogens is 313 g/mol. The number of nitrogens with zero attached hydrogens (tertiary/aromatic N) is 1. The van der Waals surface area contributed by atoms with E-state index in [1.807, 2.05) is 28.7 Å². The molecule has 3 nitrogen and oxygen atoms in total. The molecule has 0 heterocycles. The highest BCUT2D eigenvalue weighted by Gasteiger charge is 2.10. The standard InChI is InChI=1S/C9H6INO2S/c10-8-3-6(14)1-5(2-9(12)13)7(8)4-11/h1,3,14H,2H2,(H,12,13). The topological polar surface area (TPSA) is 61.1 Å². The Morgan fingerprint density at radius 3 is 2.79 bits per heavy atom. The van der Waals surface area contributed by atoms with Crippen molar-refractivity contribution in [3.63, 3.8) is 0 Å². The average Bonchev–Trinajstić information content (AvgIpc) is 2.01. The molecule has 0 aliphatic carbocycles. The number of carbonyl (C=O) groups is 1. The molecule has 0 spiro atoms. The fourth-order valence-electron chi connectivity index (χ4n) is 1.08. The smallest absolute Gasteiger partial charge is 0.307 e.